The van der Waals surface area contributed by atoms with E-state index >= 15 is 0 Å². The number of nitrogens with one attached hydrogen (secondary N) is 2. The Kier molecular flexibility index (Phi) is 7.99. The van der Waals surface area contributed by atoms with Crippen LogP contribution in [0.25, 0.3) is 0 Å². The minimum atomic E-state index is -0.715. The molecule has 9 heteroatoms. The summed E-state index contributed by atoms with van der Waals surface area (Å²) in [6.45, 7) is -0.157. The van der Waals surface area contributed by atoms with Crippen molar-refractivity contribution in [2.75, 3.05) is 17.7 Å². The highest BCUT2D eigenvalue weighted by atomic mass is 35.5. The molecule has 0 fully saturated rings. The fourth-order valence-corrected chi connectivity index (χ4v) is 4.02. The number of rotatable bonds is 3. The Hall–Kier alpha value is -3.75. The summed E-state index contributed by atoms with van der Waals surface area (Å²) in [5.41, 5.74) is 8.80. The molecule has 1 aliphatic carbocycles. The van der Waals surface area contributed by atoms with Crippen LogP contribution in [-0.2, 0) is 12.8 Å². The Morgan fingerprint density at radius 1 is 0.971 bits per heavy atom. The molecule has 5 N–H and O–H groups in total. The number of nitrogens with two attached hydrogens (primary N) is 1. The van der Waals surface area contributed by atoms with Crippen molar-refractivity contribution in [3.05, 3.63) is 93.0 Å². The number of nitrogens with zero attached hydrogens (tertiary/aromatic N) is 2. The highest BCUT2D eigenvalue weighted by Crippen LogP contribution is 2.30. The molecule has 0 bridgehead atoms. The topological polar surface area (TPSA) is 135 Å². The van der Waals surface area contributed by atoms with Crippen LogP contribution >= 0.6 is 23.2 Å². The number of amides is 2. The molecule has 0 aromatic heterocycles. The lowest BCUT2D eigenvalue weighted by Gasteiger charge is -2.28. The van der Waals surface area contributed by atoms with E-state index in [4.69, 9.17) is 39.5 Å². The number of aliphatic hydroxyl groups excluding tert-OH is 1. The third-order valence-corrected chi connectivity index (χ3v) is 5.97. The van der Waals surface area contributed by atoms with Crippen molar-refractivity contribution in [2.45, 2.75) is 18.4 Å². The number of halogens is 2. The minimum absolute atomic E-state index is 0.157. The SMILES string of the molecule is N#Cc1ccc(N)c(Cl)c1.N#Cc1ccc(NC(=O)NC2(CO)Cc3ccccc3C2)c(Cl)c1. The first-order valence-corrected chi connectivity index (χ1v) is 11.0. The molecule has 1 aliphatic rings. The van der Waals surface area contributed by atoms with Crippen molar-refractivity contribution in [1.29, 1.82) is 10.5 Å². The summed E-state index contributed by atoms with van der Waals surface area (Å²) in [4.78, 5) is 12.3. The molecule has 0 spiro atoms. The maximum atomic E-state index is 12.3. The molecule has 0 radical (unpaired) electrons. The molecule has 34 heavy (non-hydrogen) atoms. The highest BCUT2D eigenvalue weighted by molar-refractivity contribution is 6.34. The van der Waals surface area contributed by atoms with E-state index in [1.54, 1.807) is 24.3 Å². The van der Waals surface area contributed by atoms with Crippen LogP contribution in [0.4, 0.5) is 16.2 Å². The first kappa shape index (κ1) is 24.9. The Bertz CT molecular complexity index is 1270. The Balaban J connectivity index is 0.000000271. The van der Waals surface area contributed by atoms with E-state index in [1.807, 2.05) is 36.4 Å². The number of urea groups is 1. The van der Waals surface area contributed by atoms with Gasteiger partial charge in [0.1, 0.15) is 0 Å². The smallest absolute Gasteiger partial charge is 0.319 e. The number of hydrogen-bond donors (Lipinski definition) is 4. The number of carbonyl (C=O) groups excluding carboxylic acids is 1. The molecule has 4 rings (SSSR count). The number of nitrogen functional groups attached to an aromatic ring is 1. The lowest BCUT2D eigenvalue weighted by molar-refractivity contribution is 0.170. The minimum Gasteiger partial charge on any atom is -0.398 e. The third kappa shape index (κ3) is 5.98. The molecule has 0 aliphatic heterocycles. The molecule has 0 heterocycles. The van der Waals surface area contributed by atoms with E-state index in [2.05, 4.69) is 10.6 Å². The van der Waals surface area contributed by atoms with Gasteiger partial charge in [0.2, 0.25) is 0 Å². The molecule has 3 aromatic carbocycles. The molecular weight excluding hydrogens is 473 g/mol. The Labute approximate surface area is 207 Å². The predicted octanol–water partition coefficient (Wildman–Crippen LogP) is 4.66. The van der Waals surface area contributed by atoms with Crippen LogP contribution in [-0.4, -0.2) is 23.3 Å². The molecule has 172 valence electrons. The Morgan fingerprint density at radius 2 is 1.53 bits per heavy atom. The van der Waals surface area contributed by atoms with Crippen molar-refractivity contribution in [3.8, 4) is 12.1 Å². The second kappa shape index (κ2) is 10.9. The molecule has 3 aromatic rings. The van der Waals surface area contributed by atoms with Gasteiger partial charge < -0.3 is 21.5 Å². The first-order chi connectivity index (χ1) is 16.3. The van der Waals surface area contributed by atoms with Crippen LogP contribution in [0.1, 0.15) is 22.3 Å². The van der Waals surface area contributed by atoms with E-state index in [0.717, 1.165) is 11.1 Å². The van der Waals surface area contributed by atoms with Gasteiger partial charge in [0, 0.05) is 0 Å². The van der Waals surface area contributed by atoms with Gasteiger partial charge in [-0.3, -0.25) is 0 Å². The maximum absolute atomic E-state index is 12.3. The van der Waals surface area contributed by atoms with Gasteiger partial charge in [-0.15, -0.1) is 0 Å². The quantitative estimate of drug-likeness (QED) is 0.393. The van der Waals surface area contributed by atoms with Crippen molar-refractivity contribution in [3.63, 3.8) is 0 Å². The molecule has 0 atom stereocenters. The van der Waals surface area contributed by atoms with Crippen molar-refractivity contribution in [1.82, 2.24) is 5.32 Å². The van der Waals surface area contributed by atoms with E-state index in [9.17, 15) is 9.90 Å². The zero-order valence-electron chi connectivity index (χ0n) is 18.0. The fourth-order valence-electron chi connectivity index (χ4n) is 3.61. The summed E-state index contributed by atoms with van der Waals surface area (Å²) in [5, 5.41) is 33.3. The summed E-state index contributed by atoms with van der Waals surface area (Å²) in [6.07, 6.45) is 1.16. The molecule has 0 saturated carbocycles. The summed E-state index contributed by atoms with van der Waals surface area (Å²) >= 11 is 11.7. The van der Waals surface area contributed by atoms with E-state index in [1.165, 1.54) is 12.1 Å². The van der Waals surface area contributed by atoms with Crippen molar-refractivity contribution < 1.29 is 9.90 Å². The lowest BCUT2D eigenvalue weighted by Crippen LogP contribution is -2.53. The Morgan fingerprint density at radius 3 is 2.03 bits per heavy atom. The monoisotopic (exact) mass is 493 g/mol. The third-order valence-electron chi connectivity index (χ3n) is 5.33. The number of hydrogen-bond acceptors (Lipinski definition) is 5. The summed E-state index contributed by atoms with van der Waals surface area (Å²) in [6, 6.07) is 20.8. The number of nitriles is 2. The van der Waals surface area contributed by atoms with Gasteiger partial charge in [0.15, 0.2) is 0 Å². The van der Waals surface area contributed by atoms with Gasteiger partial charge in [-0.05, 0) is 60.4 Å². The first-order valence-electron chi connectivity index (χ1n) is 10.2. The number of benzene rings is 3. The summed E-state index contributed by atoms with van der Waals surface area (Å²) in [5.74, 6) is 0. The van der Waals surface area contributed by atoms with Crippen LogP contribution in [0.15, 0.2) is 60.7 Å². The second-order valence-electron chi connectivity index (χ2n) is 7.79. The van der Waals surface area contributed by atoms with Crippen LogP contribution in [0.2, 0.25) is 10.0 Å². The predicted molar refractivity (Wildman–Crippen MR) is 133 cm³/mol. The lowest BCUT2D eigenvalue weighted by atomic mass is 9.97. The zero-order chi connectivity index (χ0) is 24.7. The number of aliphatic hydroxyl groups is 1. The van der Waals surface area contributed by atoms with Crippen molar-refractivity contribution >= 4 is 40.6 Å². The molecule has 0 unspecified atom stereocenters. The number of anilines is 2. The molecular formula is C25H21Cl2N5O2. The van der Waals surface area contributed by atoms with Gasteiger partial charge in [0.05, 0.1) is 56.8 Å². The van der Waals surface area contributed by atoms with Gasteiger partial charge in [-0.25, -0.2) is 4.79 Å². The molecule has 0 saturated heterocycles. The van der Waals surface area contributed by atoms with E-state index in [-0.39, 0.29) is 11.6 Å². The highest BCUT2D eigenvalue weighted by Gasteiger charge is 2.38. The normalized spacial score (nSPS) is 12.9. The van der Waals surface area contributed by atoms with E-state index < -0.39 is 11.6 Å². The maximum Gasteiger partial charge on any atom is 0.319 e. The summed E-state index contributed by atoms with van der Waals surface area (Å²) < 4.78 is 0. The van der Waals surface area contributed by atoms with Gasteiger partial charge in [0.25, 0.3) is 0 Å². The van der Waals surface area contributed by atoms with Crippen LogP contribution in [0, 0.1) is 22.7 Å². The van der Waals surface area contributed by atoms with Gasteiger partial charge in [-0.1, -0.05) is 47.5 Å². The fraction of sp³-hybridized carbons (Fsp3) is 0.160. The van der Waals surface area contributed by atoms with Crippen LogP contribution in [0.5, 0.6) is 0 Å². The largest absolute Gasteiger partial charge is 0.398 e. The van der Waals surface area contributed by atoms with E-state index in [0.29, 0.717) is 40.4 Å². The van der Waals surface area contributed by atoms with Crippen LogP contribution < -0.4 is 16.4 Å². The van der Waals surface area contributed by atoms with Gasteiger partial charge in [-0.2, -0.15) is 10.5 Å². The second-order valence-corrected chi connectivity index (χ2v) is 8.61. The zero-order valence-corrected chi connectivity index (χ0v) is 19.5. The molecule has 7 nitrogen and oxygen atoms in total. The van der Waals surface area contributed by atoms with Crippen LogP contribution in [0.3, 0.4) is 0 Å². The van der Waals surface area contributed by atoms with Gasteiger partial charge >= 0.3 is 6.03 Å². The molecule has 2 amide bonds. The number of carbonyl (C=O) groups is 1. The average molecular weight is 494 g/mol. The summed E-state index contributed by atoms with van der Waals surface area (Å²) in [7, 11) is 0. The standard InChI is InChI=1S/C18H16ClN3O2.C7H5ClN2/c19-15-7-12(10-20)5-6-16(15)21-17(24)22-18(11-23)8-13-3-1-2-4-14(13)9-18;8-6-3-5(4-9)1-2-7(6)10/h1-7,23H,8-9,11H2,(H2,21,22,24);1-3H,10H2. The number of fused-ring (bicyclic) bond motifs is 1. The van der Waals surface area contributed by atoms with Crippen molar-refractivity contribution in [2.24, 2.45) is 0 Å². The average Bonchev–Trinajstić information content (AvgIpc) is 3.21.